The lowest BCUT2D eigenvalue weighted by Gasteiger charge is -2.05. The fourth-order valence-electron chi connectivity index (χ4n) is 0.675. The molecule has 0 spiro atoms. The average Bonchev–Trinajstić information content (AvgIpc) is 2.11. The fraction of sp³-hybridized carbons (Fsp3) is 0.429. The summed E-state index contributed by atoms with van der Waals surface area (Å²) in [7, 11) is 0. The number of ether oxygens (including phenoxy) is 1. The van der Waals surface area contributed by atoms with Gasteiger partial charge in [-0.25, -0.2) is 0 Å². The summed E-state index contributed by atoms with van der Waals surface area (Å²) in [6.07, 6.45) is 0.899. The number of alkyl halides is 1. The molecular formula is C7H7BrCl2N2O. The van der Waals surface area contributed by atoms with Gasteiger partial charge in [-0.3, -0.25) is 0 Å². The smallest absolute Gasteiger partial charge is 0.193 e. The van der Waals surface area contributed by atoms with E-state index in [2.05, 4.69) is 26.1 Å². The quantitative estimate of drug-likeness (QED) is 0.630. The van der Waals surface area contributed by atoms with Crippen LogP contribution in [0.4, 0.5) is 0 Å². The van der Waals surface area contributed by atoms with E-state index in [1.165, 1.54) is 0 Å². The second-order valence-corrected chi connectivity index (χ2v) is 3.75. The van der Waals surface area contributed by atoms with Crippen LogP contribution in [-0.4, -0.2) is 22.1 Å². The molecule has 1 aromatic heterocycles. The molecule has 1 rings (SSSR count). The summed E-state index contributed by atoms with van der Waals surface area (Å²) >= 11 is 14.6. The number of nitrogens with zero attached hydrogens (tertiary/aromatic N) is 2. The van der Waals surface area contributed by atoms with Crippen molar-refractivity contribution in [2.75, 3.05) is 11.9 Å². The highest BCUT2D eigenvalue weighted by Gasteiger charge is 2.04. The molecule has 0 aliphatic carbocycles. The van der Waals surface area contributed by atoms with Crippen LogP contribution in [0.15, 0.2) is 6.07 Å². The third kappa shape index (κ3) is 3.67. The van der Waals surface area contributed by atoms with E-state index in [9.17, 15) is 0 Å². The molecule has 0 saturated carbocycles. The van der Waals surface area contributed by atoms with Gasteiger partial charge in [-0.05, 0) is 6.42 Å². The Hall–Kier alpha value is -0.0600. The van der Waals surface area contributed by atoms with Gasteiger partial charge in [0.1, 0.15) is 0 Å². The summed E-state index contributed by atoms with van der Waals surface area (Å²) < 4.78 is 5.31. The highest BCUT2D eigenvalue weighted by molar-refractivity contribution is 9.09. The third-order valence-electron chi connectivity index (χ3n) is 1.22. The lowest BCUT2D eigenvalue weighted by molar-refractivity contribution is 0.317. The molecule has 72 valence electrons. The molecule has 0 amide bonds. The minimum Gasteiger partial charge on any atom is -0.490 e. The number of hydrogen-bond donors (Lipinski definition) is 0. The van der Waals surface area contributed by atoms with Gasteiger partial charge < -0.3 is 4.74 Å². The van der Waals surface area contributed by atoms with Crippen LogP contribution in [-0.2, 0) is 0 Å². The van der Waals surface area contributed by atoms with Crippen molar-refractivity contribution in [3.05, 3.63) is 16.4 Å². The van der Waals surface area contributed by atoms with Gasteiger partial charge in [-0.15, -0.1) is 10.2 Å². The largest absolute Gasteiger partial charge is 0.490 e. The minimum absolute atomic E-state index is 0.235. The highest BCUT2D eigenvalue weighted by Crippen LogP contribution is 2.23. The molecule has 3 nitrogen and oxygen atoms in total. The van der Waals surface area contributed by atoms with E-state index in [4.69, 9.17) is 27.9 Å². The van der Waals surface area contributed by atoms with Crippen molar-refractivity contribution in [3.8, 4) is 5.75 Å². The Kier molecular flexibility index (Phi) is 4.77. The van der Waals surface area contributed by atoms with Crippen molar-refractivity contribution in [1.29, 1.82) is 0 Å². The van der Waals surface area contributed by atoms with Gasteiger partial charge in [0.05, 0.1) is 6.61 Å². The summed E-state index contributed by atoms with van der Waals surface area (Å²) in [6, 6.07) is 1.55. The second kappa shape index (κ2) is 5.62. The summed E-state index contributed by atoms with van der Waals surface area (Å²) in [6.45, 7) is 0.576. The van der Waals surface area contributed by atoms with Crippen LogP contribution in [0, 0.1) is 0 Å². The first-order valence-corrected chi connectivity index (χ1v) is 5.49. The van der Waals surface area contributed by atoms with Crippen molar-refractivity contribution in [2.45, 2.75) is 6.42 Å². The van der Waals surface area contributed by atoms with Gasteiger partial charge in [0.2, 0.25) is 0 Å². The van der Waals surface area contributed by atoms with Gasteiger partial charge in [-0.2, -0.15) is 0 Å². The zero-order chi connectivity index (χ0) is 9.68. The molecule has 13 heavy (non-hydrogen) atoms. The first kappa shape index (κ1) is 11.0. The monoisotopic (exact) mass is 284 g/mol. The van der Waals surface area contributed by atoms with Crippen LogP contribution in [0.2, 0.25) is 10.3 Å². The van der Waals surface area contributed by atoms with E-state index < -0.39 is 0 Å². The second-order valence-electron chi connectivity index (χ2n) is 2.21. The number of aromatic nitrogens is 2. The van der Waals surface area contributed by atoms with Crippen molar-refractivity contribution >= 4 is 39.1 Å². The first-order chi connectivity index (χ1) is 6.24. The van der Waals surface area contributed by atoms with Crippen molar-refractivity contribution in [1.82, 2.24) is 10.2 Å². The van der Waals surface area contributed by atoms with Gasteiger partial charge in [-0.1, -0.05) is 39.1 Å². The van der Waals surface area contributed by atoms with E-state index in [0.29, 0.717) is 12.4 Å². The molecule has 0 aliphatic heterocycles. The summed E-state index contributed by atoms with van der Waals surface area (Å²) in [5.41, 5.74) is 0. The molecule has 0 N–H and O–H groups in total. The summed E-state index contributed by atoms with van der Waals surface area (Å²) in [5, 5.41) is 8.56. The van der Waals surface area contributed by atoms with Crippen LogP contribution < -0.4 is 4.74 Å². The fourth-order valence-corrected chi connectivity index (χ4v) is 1.19. The van der Waals surface area contributed by atoms with E-state index in [0.717, 1.165) is 11.8 Å². The van der Waals surface area contributed by atoms with Crippen LogP contribution in [0.25, 0.3) is 0 Å². The normalized spacial score (nSPS) is 10.1. The number of hydrogen-bond acceptors (Lipinski definition) is 3. The number of rotatable bonds is 4. The van der Waals surface area contributed by atoms with Crippen molar-refractivity contribution in [3.63, 3.8) is 0 Å². The average molecular weight is 286 g/mol. The summed E-state index contributed by atoms with van der Waals surface area (Å²) in [5.74, 6) is 0.475. The third-order valence-corrected chi connectivity index (χ3v) is 2.23. The van der Waals surface area contributed by atoms with Crippen LogP contribution in [0.3, 0.4) is 0 Å². The van der Waals surface area contributed by atoms with Gasteiger partial charge in [0, 0.05) is 11.4 Å². The van der Waals surface area contributed by atoms with Crippen molar-refractivity contribution in [2.24, 2.45) is 0 Å². The molecule has 0 unspecified atom stereocenters. The Morgan fingerprint density at radius 1 is 1.38 bits per heavy atom. The van der Waals surface area contributed by atoms with Crippen LogP contribution >= 0.6 is 39.1 Å². The first-order valence-electron chi connectivity index (χ1n) is 3.61. The predicted molar refractivity (Wildman–Crippen MR) is 56.0 cm³/mol. The van der Waals surface area contributed by atoms with E-state index in [-0.39, 0.29) is 10.3 Å². The van der Waals surface area contributed by atoms with E-state index >= 15 is 0 Å². The molecule has 0 bridgehead atoms. The molecule has 0 saturated heterocycles. The maximum absolute atomic E-state index is 5.71. The molecule has 0 atom stereocenters. The van der Waals surface area contributed by atoms with E-state index in [1.807, 2.05) is 0 Å². The Morgan fingerprint density at radius 3 is 2.85 bits per heavy atom. The van der Waals surface area contributed by atoms with E-state index in [1.54, 1.807) is 6.07 Å². The van der Waals surface area contributed by atoms with Crippen LogP contribution in [0.1, 0.15) is 6.42 Å². The minimum atomic E-state index is 0.235. The maximum Gasteiger partial charge on any atom is 0.193 e. The SMILES string of the molecule is Clc1cc(OCCCBr)c(Cl)nn1. The van der Waals surface area contributed by atoms with Gasteiger partial charge in [0.25, 0.3) is 0 Å². The number of halogens is 3. The molecular weight excluding hydrogens is 279 g/mol. The summed E-state index contributed by atoms with van der Waals surface area (Å²) in [4.78, 5) is 0. The molecule has 0 aromatic carbocycles. The van der Waals surface area contributed by atoms with Crippen molar-refractivity contribution < 1.29 is 4.74 Å². The molecule has 1 aromatic rings. The molecule has 0 fully saturated rings. The topological polar surface area (TPSA) is 35.0 Å². The molecule has 0 radical (unpaired) electrons. The lowest BCUT2D eigenvalue weighted by Crippen LogP contribution is -1.99. The predicted octanol–water partition coefficient (Wildman–Crippen LogP) is 2.95. The maximum atomic E-state index is 5.71. The van der Waals surface area contributed by atoms with Gasteiger partial charge >= 0.3 is 0 Å². The Labute approximate surface area is 94.5 Å². The zero-order valence-electron chi connectivity index (χ0n) is 6.64. The molecule has 1 heterocycles. The molecule has 6 heteroatoms. The zero-order valence-corrected chi connectivity index (χ0v) is 9.73. The van der Waals surface area contributed by atoms with Crippen LogP contribution in [0.5, 0.6) is 5.75 Å². The van der Waals surface area contributed by atoms with Gasteiger partial charge in [0.15, 0.2) is 16.1 Å². The highest BCUT2D eigenvalue weighted by atomic mass is 79.9. The standard InChI is InChI=1S/C7H7BrCl2N2O/c8-2-1-3-13-5-4-6(9)11-12-7(5)10/h4H,1-3H2. The lowest BCUT2D eigenvalue weighted by atomic mass is 10.5. The Bertz CT molecular complexity index is 285. The Balaban J connectivity index is 2.59. The Morgan fingerprint density at radius 2 is 2.15 bits per heavy atom. The molecule has 0 aliphatic rings.